The van der Waals surface area contributed by atoms with Crippen molar-refractivity contribution in [2.45, 2.75) is 26.6 Å². The van der Waals surface area contributed by atoms with Gasteiger partial charge in [0.2, 0.25) is 0 Å². The number of methoxy groups -OCH3 is 1. The molecule has 7 nitrogen and oxygen atoms in total. The van der Waals surface area contributed by atoms with Gasteiger partial charge in [-0.25, -0.2) is 15.8 Å². The number of ether oxygens (including phenoxy) is 2. The fraction of sp³-hybridized carbons (Fsp3) is 0.636. The SMILES string of the molecule is COCc1nc(NN)cc(NCCOC(C)C)n1. The Balaban J connectivity index is 2.55. The van der Waals surface area contributed by atoms with Gasteiger partial charge in [-0.2, -0.15) is 0 Å². The molecule has 18 heavy (non-hydrogen) atoms. The van der Waals surface area contributed by atoms with Crippen molar-refractivity contribution in [1.82, 2.24) is 9.97 Å². The highest BCUT2D eigenvalue weighted by atomic mass is 16.5. The molecule has 0 radical (unpaired) electrons. The average Bonchev–Trinajstić information content (AvgIpc) is 2.34. The number of hydrogen-bond donors (Lipinski definition) is 3. The largest absolute Gasteiger partial charge is 0.377 e. The van der Waals surface area contributed by atoms with E-state index in [1.54, 1.807) is 13.2 Å². The lowest BCUT2D eigenvalue weighted by Crippen LogP contribution is -2.16. The fourth-order valence-electron chi connectivity index (χ4n) is 1.33. The second-order valence-electron chi connectivity index (χ2n) is 3.98. The Kier molecular flexibility index (Phi) is 6.34. The molecule has 4 N–H and O–H groups in total. The van der Waals surface area contributed by atoms with Crippen LogP contribution in [-0.2, 0) is 16.1 Å². The molecule has 1 aromatic rings. The van der Waals surface area contributed by atoms with Crippen molar-refractivity contribution in [3.63, 3.8) is 0 Å². The van der Waals surface area contributed by atoms with Crippen LogP contribution in [0.1, 0.15) is 19.7 Å². The summed E-state index contributed by atoms with van der Waals surface area (Å²) in [5, 5.41) is 3.15. The second kappa shape index (κ2) is 7.80. The van der Waals surface area contributed by atoms with Gasteiger partial charge in [-0.05, 0) is 13.8 Å². The molecule has 1 heterocycles. The van der Waals surface area contributed by atoms with Gasteiger partial charge in [0.05, 0.1) is 12.7 Å². The first-order valence-corrected chi connectivity index (χ1v) is 5.84. The smallest absolute Gasteiger partial charge is 0.158 e. The maximum atomic E-state index is 5.43. The van der Waals surface area contributed by atoms with Crippen LogP contribution >= 0.6 is 0 Å². The van der Waals surface area contributed by atoms with Crippen LogP contribution in [0.25, 0.3) is 0 Å². The summed E-state index contributed by atoms with van der Waals surface area (Å²) in [5.41, 5.74) is 2.50. The summed E-state index contributed by atoms with van der Waals surface area (Å²) in [7, 11) is 1.59. The Labute approximate surface area is 107 Å². The number of nitrogen functional groups attached to an aromatic ring is 1. The van der Waals surface area contributed by atoms with E-state index in [2.05, 4.69) is 20.7 Å². The Morgan fingerprint density at radius 2 is 2.06 bits per heavy atom. The first-order chi connectivity index (χ1) is 8.65. The maximum absolute atomic E-state index is 5.43. The molecular formula is C11H21N5O2. The summed E-state index contributed by atoms with van der Waals surface area (Å²) in [6.45, 7) is 5.63. The number of rotatable bonds is 8. The molecule has 0 bridgehead atoms. The van der Waals surface area contributed by atoms with Crippen LogP contribution in [0.5, 0.6) is 0 Å². The molecule has 1 rings (SSSR count). The molecule has 0 unspecified atom stereocenters. The monoisotopic (exact) mass is 255 g/mol. The van der Waals surface area contributed by atoms with E-state index in [9.17, 15) is 0 Å². The molecule has 1 aromatic heterocycles. The van der Waals surface area contributed by atoms with Gasteiger partial charge >= 0.3 is 0 Å². The molecule has 0 aromatic carbocycles. The highest BCUT2D eigenvalue weighted by Gasteiger charge is 2.03. The zero-order valence-electron chi connectivity index (χ0n) is 11.1. The van der Waals surface area contributed by atoms with Crippen molar-refractivity contribution in [1.29, 1.82) is 0 Å². The van der Waals surface area contributed by atoms with Crippen molar-refractivity contribution < 1.29 is 9.47 Å². The molecule has 0 spiro atoms. The Morgan fingerprint density at radius 3 is 2.67 bits per heavy atom. The lowest BCUT2D eigenvalue weighted by Gasteiger charge is -2.11. The molecule has 102 valence electrons. The molecule has 0 aliphatic rings. The summed E-state index contributed by atoms with van der Waals surface area (Å²) >= 11 is 0. The van der Waals surface area contributed by atoms with E-state index < -0.39 is 0 Å². The Morgan fingerprint density at radius 1 is 1.33 bits per heavy atom. The third-order valence-electron chi connectivity index (χ3n) is 2.05. The zero-order valence-corrected chi connectivity index (χ0v) is 11.1. The number of hydrogen-bond acceptors (Lipinski definition) is 7. The number of nitrogens with two attached hydrogens (primary N) is 1. The van der Waals surface area contributed by atoms with E-state index in [0.717, 1.165) is 0 Å². The summed E-state index contributed by atoms with van der Waals surface area (Å²) in [6.07, 6.45) is 0.225. The van der Waals surface area contributed by atoms with Crippen LogP contribution in [0.2, 0.25) is 0 Å². The minimum atomic E-state index is 0.225. The first-order valence-electron chi connectivity index (χ1n) is 5.84. The van der Waals surface area contributed by atoms with E-state index in [4.69, 9.17) is 15.3 Å². The van der Waals surface area contributed by atoms with Crippen LogP contribution in [-0.4, -0.2) is 36.3 Å². The first kappa shape index (κ1) is 14.6. The van der Waals surface area contributed by atoms with Crippen LogP contribution in [0.3, 0.4) is 0 Å². The Hall–Kier alpha value is -1.44. The minimum Gasteiger partial charge on any atom is -0.377 e. The third-order valence-corrected chi connectivity index (χ3v) is 2.05. The zero-order chi connectivity index (χ0) is 13.4. The standard InChI is InChI=1S/C11H21N5O2/c1-8(2)18-5-4-13-9-6-10(16-12)15-11(14-9)7-17-3/h6,8H,4-5,7,12H2,1-3H3,(H2,13,14,15,16). The number of nitrogens with zero attached hydrogens (tertiary/aromatic N) is 2. The number of nitrogens with one attached hydrogen (secondary N) is 2. The van der Waals surface area contributed by atoms with Gasteiger partial charge < -0.3 is 20.2 Å². The third kappa shape index (κ3) is 5.26. The van der Waals surface area contributed by atoms with Gasteiger partial charge in [0.25, 0.3) is 0 Å². The molecule has 7 heteroatoms. The predicted octanol–water partition coefficient (Wildman–Crippen LogP) is 0.745. The van der Waals surface area contributed by atoms with Crippen molar-refractivity contribution in [2.24, 2.45) is 5.84 Å². The summed E-state index contributed by atoms with van der Waals surface area (Å²) < 4.78 is 10.4. The van der Waals surface area contributed by atoms with Gasteiger partial charge in [0.15, 0.2) is 5.82 Å². The normalized spacial score (nSPS) is 10.7. The number of anilines is 2. The lowest BCUT2D eigenvalue weighted by molar-refractivity contribution is 0.0870. The molecule has 0 saturated carbocycles. The van der Waals surface area contributed by atoms with Crippen molar-refractivity contribution in [3.05, 3.63) is 11.9 Å². The van der Waals surface area contributed by atoms with Gasteiger partial charge in [-0.15, -0.1) is 0 Å². The van der Waals surface area contributed by atoms with Gasteiger partial charge in [-0.1, -0.05) is 0 Å². The lowest BCUT2D eigenvalue weighted by atomic mass is 10.4. The molecule has 0 fully saturated rings. The minimum absolute atomic E-state index is 0.225. The van der Waals surface area contributed by atoms with E-state index in [1.165, 1.54) is 0 Å². The van der Waals surface area contributed by atoms with Crippen LogP contribution < -0.4 is 16.6 Å². The van der Waals surface area contributed by atoms with Crippen LogP contribution in [0.15, 0.2) is 6.07 Å². The number of hydrazine groups is 1. The van der Waals surface area contributed by atoms with E-state index in [-0.39, 0.29) is 6.10 Å². The summed E-state index contributed by atoms with van der Waals surface area (Å²) in [6, 6.07) is 1.73. The number of aromatic nitrogens is 2. The van der Waals surface area contributed by atoms with Crippen LogP contribution in [0, 0.1) is 0 Å². The summed E-state index contributed by atoms with van der Waals surface area (Å²) in [5.74, 6) is 7.15. The van der Waals surface area contributed by atoms with E-state index >= 15 is 0 Å². The van der Waals surface area contributed by atoms with Gasteiger partial charge in [0.1, 0.15) is 18.2 Å². The molecule has 0 aliphatic heterocycles. The molecular weight excluding hydrogens is 234 g/mol. The van der Waals surface area contributed by atoms with Crippen LogP contribution in [0.4, 0.5) is 11.6 Å². The van der Waals surface area contributed by atoms with Gasteiger partial charge in [-0.3, -0.25) is 0 Å². The Bertz CT molecular complexity index is 359. The molecule has 0 saturated heterocycles. The highest BCUT2D eigenvalue weighted by Crippen LogP contribution is 2.10. The van der Waals surface area contributed by atoms with Crippen molar-refractivity contribution in [3.8, 4) is 0 Å². The van der Waals surface area contributed by atoms with Crippen molar-refractivity contribution in [2.75, 3.05) is 31.0 Å². The molecule has 0 aliphatic carbocycles. The predicted molar refractivity (Wildman–Crippen MR) is 70.1 cm³/mol. The van der Waals surface area contributed by atoms with E-state index in [1.807, 2.05) is 13.8 Å². The topological polar surface area (TPSA) is 94.3 Å². The summed E-state index contributed by atoms with van der Waals surface area (Å²) in [4.78, 5) is 8.44. The van der Waals surface area contributed by atoms with E-state index in [0.29, 0.717) is 37.2 Å². The van der Waals surface area contributed by atoms with Crippen molar-refractivity contribution >= 4 is 11.6 Å². The molecule has 0 atom stereocenters. The highest BCUT2D eigenvalue weighted by molar-refractivity contribution is 5.46. The maximum Gasteiger partial charge on any atom is 0.158 e. The second-order valence-corrected chi connectivity index (χ2v) is 3.98. The molecule has 0 amide bonds. The average molecular weight is 255 g/mol. The van der Waals surface area contributed by atoms with Gasteiger partial charge in [0, 0.05) is 19.7 Å². The quantitative estimate of drug-likeness (QED) is 0.358. The fourth-order valence-corrected chi connectivity index (χ4v) is 1.33.